The van der Waals surface area contributed by atoms with Crippen LogP contribution in [0.3, 0.4) is 0 Å². The molecule has 5 nitrogen and oxygen atoms in total. The molecule has 0 bridgehead atoms. The van der Waals surface area contributed by atoms with Crippen LogP contribution >= 0.6 is 11.8 Å². The van der Waals surface area contributed by atoms with Gasteiger partial charge in [-0.05, 0) is 32.2 Å². The van der Waals surface area contributed by atoms with Crippen LogP contribution < -0.4 is 5.32 Å². The summed E-state index contributed by atoms with van der Waals surface area (Å²) < 4.78 is 10.1. The molecule has 0 radical (unpaired) electrons. The molecular formula is C12H17NO4S. The van der Waals surface area contributed by atoms with E-state index in [4.69, 9.17) is 9.15 Å². The molecule has 1 atom stereocenters. The number of amides is 1. The third-order valence-electron chi connectivity index (χ3n) is 2.16. The van der Waals surface area contributed by atoms with Gasteiger partial charge in [-0.3, -0.25) is 4.79 Å². The van der Waals surface area contributed by atoms with Gasteiger partial charge in [0.05, 0.1) is 12.4 Å². The SMILES string of the molecule is CCOC(=O)C(C)NC(=O)c1ccc(CSC)o1. The van der Waals surface area contributed by atoms with Crippen LogP contribution in [0.5, 0.6) is 0 Å². The largest absolute Gasteiger partial charge is 0.464 e. The number of thioether (sulfide) groups is 1. The fourth-order valence-corrected chi connectivity index (χ4v) is 1.75. The van der Waals surface area contributed by atoms with E-state index in [-0.39, 0.29) is 12.4 Å². The highest BCUT2D eigenvalue weighted by Gasteiger charge is 2.19. The summed E-state index contributed by atoms with van der Waals surface area (Å²) in [6.07, 6.45) is 1.95. The second-order valence-electron chi connectivity index (χ2n) is 3.65. The summed E-state index contributed by atoms with van der Waals surface area (Å²) in [6.45, 7) is 3.58. The molecule has 0 fully saturated rings. The Labute approximate surface area is 110 Å². The van der Waals surface area contributed by atoms with E-state index < -0.39 is 17.9 Å². The number of rotatable bonds is 6. The van der Waals surface area contributed by atoms with E-state index in [2.05, 4.69) is 5.32 Å². The molecule has 0 saturated carbocycles. The number of furan rings is 1. The predicted octanol–water partition coefficient (Wildman–Crippen LogP) is 1.82. The Morgan fingerprint density at radius 2 is 2.22 bits per heavy atom. The van der Waals surface area contributed by atoms with Crippen molar-refractivity contribution in [2.45, 2.75) is 25.6 Å². The van der Waals surface area contributed by atoms with E-state index in [1.165, 1.54) is 0 Å². The molecule has 1 aromatic heterocycles. The third kappa shape index (κ3) is 4.10. The van der Waals surface area contributed by atoms with Gasteiger partial charge in [0.1, 0.15) is 11.8 Å². The van der Waals surface area contributed by atoms with Gasteiger partial charge in [-0.15, -0.1) is 0 Å². The summed E-state index contributed by atoms with van der Waals surface area (Å²) >= 11 is 1.61. The minimum Gasteiger partial charge on any atom is -0.464 e. The lowest BCUT2D eigenvalue weighted by molar-refractivity contribution is -0.144. The molecule has 1 amide bonds. The van der Waals surface area contributed by atoms with Gasteiger partial charge in [-0.1, -0.05) is 0 Å². The summed E-state index contributed by atoms with van der Waals surface area (Å²) in [7, 11) is 0. The second-order valence-corrected chi connectivity index (χ2v) is 4.51. The quantitative estimate of drug-likeness (QED) is 0.799. The van der Waals surface area contributed by atoms with E-state index in [0.29, 0.717) is 5.75 Å². The van der Waals surface area contributed by atoms with E-state index >= 15 is 0 Å². The highest BCUT2D eigenvalue weighted by molar-refractivity contribution is 7.97. The summed E-state index contributed by atoms with van der Waals surface area (Å²) in [5, 5.41) is 2.52. The molecule has 0 aliphatic carbocycles. The third-order valence-corrected chi connectivity index (χ3v) is 2.73. The molecule has 0 spiro atoms. The van der Waals surface area contributed by atoms with Gasteiger partial charge < -0.3 is 14.5 Å². The highest BCUT2D eigenvalue weighted by atomic mass is 32.2. The van der Waals surface area contributed by atoms with Crippen LogP contribution in [0.1, 0.15) is 30.2 Å². The fraction of sp³-hybridized carbons (Fsp3) is 0.500. The zero-order chi connectivity index (χ0) is 13.5. The maximum atomic E-state index is 11.8. The van der Waals surface area contributed by atoms with Crippen LogP contribution in [0.15, 0.2) is 16.5 Å². The van der Waals surface area contributed by atoms with Crippen molar-refractivity contribution in [2.24, 2.45) is 0 Å². The molecule has 1 unspecified atom stereocenters. The lowest BCUT2D eigenvalue weighted by atomic mass is 10.3. The van der Waals surface area contributed by atoms with Crippen molar-refractivity contribution in [1.29, 1.82) is 0 Å². The maximum absolute atomic E-state index is 11.8. The van der Waals surface area contributed by atoms with Crippen molar-refractivity contribution in [3.8, 4) is 0 Å². The van der Waals surface area contributed by atoms with E-state index in [1.807, 2.05) is 6.26 Å². The summed E-state index contributed by atoms with van der Waals surface area (Å²) in [6, 6.07) is 2.66. The van der Waals surface area contributed by atoms with E-state index in [9.17, 15) is 9.59 Å². The molecule has 0 aliphatic rings. The number of carbonyl (C=O) groups excluding carboxylic acids is 2. The van der Waals surface area contributed by atoms with Crippen LogP contribution in [0.25, 0.3) is 0 Å². The lowest BCUT2D eigenvalue weighted by Gasteiger charge is -2.11. The first-order valence-electron chi connectivity index (χ1n) is 5.63. The van der Waals surface area contributed by atoms with Crippen LogP contribution in [-0.2, 0) is 15.3 Å². The van der Waals surface area contributed by atoms with Crippen LogP contribution in [0, 0.1) is 0 Å². The minimum atomic E-state index is -0.688. The van der Waals surface area contributed by atoms with Gasteiger partial charge in [-0.2, -0.15) is 11.8 Å². The van der Waals surface area contributed by atoms with E-state index in [1.54, 1.807) is 37.7 Å². The van der Waals surface area contributed by atoms with Gasteiger partial charge in [0.2, 0.25) is 0 Å². The summed E-state index contributed by atoms with van der Waals surface area (Å²) in [5.74, 6) is 0.775. The van der Waals surface area contributed by atoms with Crippen molar-refractivity contribution in [2.75, 3.05) is 12.9 Å². The zero-order valence-corrected chi connectivity index (χ0v) is 11.5. The number of ether oxygens (including phenoxy) is 1. The lowest BCUT2D eigenvalue weighted by Crippen LogP contribution is -2.39. The number of carbonyl (C=O) groups is 2. The van der Waals surface area contributed by atoms with Crippen LogP contribution in [0.4, 0.5) is 0 Å². The Morgan fingerprint density at radius 1 is 1.50 bits per heavy atom. The number of hydrogen-bond donors (Lipinski definition) is 1. The standard InChI is InChI=1S/C12H17NO4S/c1-4-16-12(15)8(2)13-11(14)10-6-5-9(17-10)7-18-3/h5-6,8H,4,7H2,1-3H3,(H,13,14). The number of nitrogens with one attached hydrogen (secondary N) is 1. The van der Waals surface area contributed by atoms with Gasteiger partial charge >= 0.3 is 5.97 Å². The average molecular weight is 271 g/mol. The number of esters is 1. The van der Waals surface area contributed by atoms with Crippen molar-refractivity contribution in [3.05, 3.63) is 23.7 Å². The Hall–Kier alpha value is -1.43. The molecule has 18 heavy (non-hydrogen) atoms. The topological polar surface area (TPSA) is 68.5 Å². The first-order valence-corrected chi connectivity index (χ1v) is 7.03. The monoisotopic (exact) mass is 271 g/mol. The van der Waals surface area contributed by atoms with Gasteiger partial charge in [-0.25, -0.2) is 4.79 Å². The molecule has 0 aromatic carbocycles. The van der Waals surface area contributed by atoms with Crippen molar-refractivity contribution in [1.82, 2.24) is 5.32 Å². The first-order chi connectivity index (χ1) is 8.58. The summed E-state index contributed by atoms with van der Waals surface area (Å²) in [5.41, 5.74) is 0. The number of hydrogen-bond acceptors (Lipinski definition) is 5. The molecule has 1 aromatic rings. The first kappa shape index (κ1) is 14.6. The van der Waals surface area contributed by atoms with E-state index in [0.717, 1.165) is 5.76 Å². The van der Waals surface area contributed by atoms with Gasteiger partial charge in [0.25, 0.3) is 5.91 Å². The molecule has 0 aliphatic heterocycles. The highest BCUT2D eigenvalue weighted by Crippen LogP contribution is 2.13. The second kappa shape index (κ2) is 7.10. The van der Waals surface area contributed by atoms with Crippen molar-refractivity contribution < 1.29 is 18.7 Å². The van der Waals surface area contributed by atoms with Crippen LogP contribution in [-0.4, -0.2) is 30.8 Å². The van der Waals surface area contributed by atoms with Crippen molar-refractivity contribution in [3.63, 3.8) is 0 Å². The molecule has 1 rings (SSSR count). The Bertz CT molecular complexity index is 416. The zero-order valence-electron chi connectivity index (χ0n) is 10.7. The predicted molar refractivity (Wildman–Crippen MR) is 69.5 cm³/mol. The molecule has 100 valence electrons. The molecular weight excluding hydrogens is 254 g/mol. The van der Waals surface area contributed by atoms with Crippen LogP contribution in [0.2, 0.25) is 0 Å². The van der Waals surface area contributed by atoms with Gasteiger partial charge in [0.15, 0.2) is 5.76 Å². The molecule has 6 heteroatoms. The maximum Gasteiger partial charge on any atom is 0.328 e. The Kier molecular flexibility index (Phi) is 5.77. The summed E-state index contributed by atoms with van der Waals surface area (Å²) in [4.78, 5) is 23.1. The van der Waals surface area contributed by atoms with Crippen molar-refractivity contribution >= 4 is 23.6 Å². The normalized spacial score (nSPS) is 11.9. The Morgan fingerprint density at radius 3 is 2.83 bits per heavy atom. The average Bonchev–Trinajstić information content (AvgIpc) is 2.78. The Balaban J connectivity index is 2.56. The molecule has 0 saturated heterocycles. The van der Waals surface area contributed by atoms with Gasteiger partial charge in [0, 0.05) is 0 Å². The minimum absolute atomic E-state index is 0.204. The fourth-order valence-electron chi connectivity index (χ4n) is 1.31. The molecule has 1 N–H and O–H groups in total. The smallest absolute Gasteiger partial charge is 0.328 e. The molecule has 1 heterocycles.